The monoisotopic (exact) mass is 487 g/mol. The highest BCUT2D eigenvalue weighted by Crippen LogP contribution is 2.45. The number of rotatable bonds is 8. The molecule has 0 radical (unpaired) electrons. The largest absolute Gasteiger partial charge is 0.385 e. The van der Waals surface area contributed by atoms with Crippen LogP contribution in [0.4, 0.5) is 10.1 Å². The molecule has 1 aromatic rings. The van der Waals surface area contributed by atoms with Gasteiger partial charge in [0.15, 0.2) is 0 Å². The van der Waals surface area contributed by atoms with Crippen molar-refractivity contribution in [3.8, 4) is 0 Å². The van der Waals surface area contributed by atoms with Crippen molar-refractivity contribution in [1.29, 1.82) is 0 Å². The highest BCUT2D eigenvalue weighted by molar-refractivity contribution is 6.31. The standard InChI is InChI=1S/C29H39ClFNO2/c1-10-13-22(11-2)24(12-3)21(5)32(23-14-15-26(31)25(30)16-23)17-20(4)29(33)18-27(6,7)34-28(8,9)19-29/h10,12-17,33H,3,5,11,18-19H2,1-2,4,6-9H3/b13-10-,20-17+,24-22+. The molecule has 1 saturated heterocycles. The van der Waals surface area contributed by atoms with E-state index < -0.39 is 22.6 Å². The number of halogens is 2. The number of ether oxygens (including phenoxy) is 1. The molecule has 0 amide bonds. The first-order valence-corrected chi connectivity index (χ1v) is 12.1. The van der Waals surface area contributed by atoms with Gasteiger partial charge < -0.3 is 14.7 Å². The third-order valence-electron chi connectivity index (χ3n) is 6.13. The molecule has 2 rings (SSSR count). The van der Waals surface area contributed by atoms with Crippen LogP contribution in [0.1, 0.15) is 67.7 Å². The topological polar surface area (TPSA) is 32.7 Å². The quantitative estimate of drug-likeness (QED) is 0.374. The second-order valence-electron chi connectivity index (χ2n) is 10.2. The molecule has 0 saturated carbocycles. The van der Waals surface area contributed by atoms with Crippen LogP contribution in [0, 0.1) is 5.82 Å². The predicted octanol–water partition coefficient (Wildman–Crippen LogP) is 8.27. The van der Waals surface area contributed by atoms with Gasteiger partial charge in [0.05, 0.1) is 21.8 Å². The maximum Gasteiger partial charge on any atom is 0.141 e. The van der Waals surface area contributed by atoms with E-state index in [0.717, 1.165) is 23.1 Å². The lowest BCUT2D eigenvalue weighted by Gasteiger charge is -2.50. The molecule has 0 aliphatic carbocycles. The molecule has 3 nitrogen and oxygen atoms in total. The Hall–Kier alpha value is -2.14. The van der Waals surface area contributed by atoms with E-state index in [1.165, 1.54) is 6.07 Å². The minimum Gasteiger partial charge on any atom is -0.385 e. The molecule has 0 aromatic heterocycles. The number of anilines is 1. The fraction of sp³-hybridized carbons (Fsp3) is 0.448. The van der Waals surface area contributed by atoms with Gasteiger partial charge >= 0.3 is 0 Å². The SMILES string of the molecule is C=C/C(C(=C)N(/C=C(\C)C1(O)CC(C)(C)OC(C)(C)C1)c1ccc(F)c(Cl)c1)=C(\C=C/C)CC. The van der Waals surface area contributed by atoms with Gasteiger partial charge in [0.2, 0.25) is 0 Å². The molecule has 0 atom stereocenters. The molecule has 1 aromatic carbocycles. The highest BCUT2D eigenvalue weighted by atomic mass is 35.5. The normalized spacial score (nSPS) is 20.1. The van der Waals surface area contributed by atoms with Crippen LogP contribution in [0.25, 0.3) is 0 Å². The maximum absolute atomic E-state index is 14.0. The Morgan fingerprint density at radius 2 is 1.82 bits per heavy atom. The van der Waals surface area contributed by atoms with Gasteiger partial charge in [0, 0.05) is 36.0 Å². The van der Waals surface area contributed by atoms with Crippen molar-refractivity contribution in [2.24, 2.45) is 0 Å². The Labute approximate surface area is 210 Å². The first-order valence-electron chi connectivity index (χ1n) is 11.7. The third-order valence-corrected chi connectivity index (χ3v) is 6.42. The average Bonchev–Trinajstić information content (AvgIpc) is 2.70. The maximum atomic E-state index is 14.0. The fourth-order valence-electron chi connectivity index (χ4n) is 4.99. The Balaban J connectivity index is 2.69. The molecule has 34 heavy (non-hydrogen) atoms. The first kappa shape index (κ1) is 28.1. The van der Waals surface area contributed by atoms with Crippen molar-refractivity contribution < 1.29 is 14.2 Å². The Morgan fingerprint density at radius 3 is 2.29 bits per heavy atom. The summed E-state index contributed by atoms with van der Waals surface area (Å²) in [6.45, 7) is 22.3. The van der Waals surface area contributed by atoms with Crippen molar-refractivity contribution in [2.75, 3.05) is 4.90 Å². The van der Waals surface area contributed by atoms with Crippen LogP contribution in [0.15, 0.2) is 78.2 Å². The number of hydrogen-bond donors (Lipinski definition) is 1. The van der Waals surface area contributed by atoms with E-state index in [1.54, 1.807) is 18.2 Å². The lowest BCUT2D eigenvalue weighted by atomic mass is 9.74. The molecule has 1 aliphatic rings. The van der Waals surface area contributed by atoms with Gasteiger partial charge in [-0.2, -0.15) is 0 Å². The zero-order chi connectivity index (χ0) is 25.9. The van der Waals surface area contributed by atoms with Gasteiger partial charge in [-0.05, 0) is 77.3 Å². The lowest BCUT2D eigenvalue weighted by Crippen LogP contribution is -2.54. The summed E-state index contributed by atoms with van der Waals surface area (Å²) in [6, 6.07) is 4.55. The molecular weight excluding hydrogens is 449 g/mol. The predicted molar refractivity (Wildman–Crippen MR) is 143 cm³/mol. The van der Waals surface area contributed by atoms with E-state index >= 15 is 0 Å². The van der Waals surface area contributed by atoms with Gasteiger partial charge in [-0.3, -0.25) is 0 Å². The van der Waals surface area contributed by atoms with Crippen molar-refractivity contribution in [3.05, 3.63) is 89.0 Å². The molecule has 1 N–H and O–H groups in total. The van der Waals surface area contributed by atoms with Crippen molar-refractivity contribution in [2.45, 2.75) is 84.5 Å². The zero-order valence-corrected chi connectivity index (χ0v) is 22.4. The zero-order valence-electron chi connectivity index (χ0n) is 21.6. The van der Waals surface area contributed by atoms with Crippen molar-refractivity contribution >= 4 is 17.3 Å². The number of aliphatic hydroxyl groups is 1. The van der Waals surface area contributed by atoms with E-state index in [1.807, 2.05) is 64.8 Å². The number of allylic oxidation sites excluding steroid dienone is 4. The Morgan fingerprint density at radius 1 is 1.24 bits per heavy atom. The van der Waals surface area contributed by atoms with Gasteiger partial charge in [0.25, 0.3) is 0 Å². The highest BCUT2D eigenvalue weighted by Gasteiger charge is 2.48. The molecule has 1 fully saturated rings. The van der Waals surface area contributed by atoms with E-state index in [2.05, 4.69) is 20.1 Å². The summed E-state index contributed by atoms with van der Waals surface area (Å²) in [4.78, 5) is 1.85. The number of hydrogen-bond acceptors (Lipinski definition) is 3. The second kappa shape index (κ2) is 10.6. The summed E-state index contributed by atoms with van der Waals surface area (Å²) in [5.41, 5.74) is 1.89. The van der Waals surface area contributed by atoms with E-state index in [-0.39, 0.29) is 5.02 Å². The molecular formula is C29H39ClFNO2. The van der Waals surface area contributed by atoms with Crippen LogP contribution in [-0.2, 0) is 4.74 Å². The van der Waals surface area contributed by atoms with Crippen LogP contribution >= 0.6 is 11.6 Å². The molecule has 0 bridgehead atoms. The lowest BCUT2D eigenvalue weighted by molar-refractivity contribution is -0.209. The smallest absolute Gasteiger partial charge is 0.141 e. The van der Waals surface area contributed by atoms with Crippen LogP contribution < -0.4 is 4.90 Å². The van der Waals surface area contributed by atoms with Crippen molar-refractivity contribution in [3.63, 3.8) is 0 Å². The third kappa shape index (κ3) is 6.50. The molecule has 1 heterocycles. The van der Waals surface area contributed by atoms with Gasteiger partial charge in [-0.25, -0.2) is 4.39 Å². The minimum absolute atomic E-state index is 0.0155. The summed E-state index contributed by atoms with van der Waals surface area (Å²) in [5, 5.41) is 11.8. The number of benzene rings is 1. The van der Waals surface area contributed by atoms with E-state index in [9.17, 15) is 9.50 Å². The molecule has 0 spiro atoms. The van der Waals surface area contributed by atoms with Crippen molar-refractivity contribution in [1.82, 2.24) is 0 Å². The fourth-order valence-corrected chi connectivity index (χ4v) is 5.17. The molecule has 5 heteroatoms. The van der Waals surface area contributed by atoms with Crippen LogP contribution in [-0.4, -0.2) is 21.9 Å². The summed E-state index contributed by atoms with van der Waals surface area (Å²) in [6.07, 6.45) is 9.33. The molecule has 0 unspecified atom stereocenters. The summed E-state index contributed by atoms with van der Waals surface area (Å²) in [7, 11) is 0. The minimum atomic E-state index is -1.09. The second-order valence-corrected chi connectivity index (χ2v) is 10.6. The summed E-state index contributed by atoms with van der Waals surface area (Å²) >= 11 is 6.14. The van der Waals surface area contributed by atoms with Crippen LogP contribution in [0.3, 0.4) is 0 Å². The average molecular weight is 488 g/mol. The van der Waals surface area contributed by atoms with Crippen LogP contribution in [0.2, 0.25) is 5.02 Å². The summed E-state index contributed by atoms with van der Waals surface area (Å²) < 4.78 is 20.2. The Kier molecular flexibility index (Phi) is 8.79. The number of nitrogens with zero attached hydrogens (tertiary/aromatic N) is 1. The van der Waals surface area contributed by atoms with Crippen LogP contribution in [0.5, 0.6) is 0 Å². The summed E-state index contributed by atoms with van der Waals surface area (Å²) in [5.74, 6) is -0.495. The van der Waals surface area contributed by atoms with E-state index in [4.69, 9.17) is 16.3 Å². The molecule has 186 valence electrons. The van der Waals surface area contributed by atoms with Gasteiger partial charge in [-0.15, -0.1) is 0 Å². The molecule has 1 aliphatic heterocycles. The van der Waals surface area contributed by atoms with E-state index in [0.29, 0.717) is 24.2 Å². The first-order chi connectivity index (χ1) is 15.7. The van der Waals surface area contributed by atoms with Gasteiger partial charge in [-0.1, -0.05) is 49.9 Å². The Bertz CT molecular complexity index is 1020. The van der Waals surface area contributed by atoms with Gasteiger partial charge in [0.1, 0.15) is 5.82 Å².